The molecule has 1 aromatic heterocycles. The quantitative estimate of drug-likeness (QED) is 0.667. The number of urea groups is 1. The molecule has 9 heteroatoms. The maximum absolute atomic E-state index is 12.8. The van der Waals surface area contributed by atoms with Gasteiger partial charge in [0.1, 0.15) is 10.3 Å². The molecule has 7 nitrogen and oxygen atoms in total. The highest BCUT2D eigenvalue weighted by molar-refractivity contribution is 7.92. The van der Waals surface area contributed by atoms with Crippen molar-refractivity contribution in [2.24, 2.45) is 0 Å². The molecule has 1 aliphatic heterocycles. The molecule has 0 bridgehead atoms. The van der Waals surface area contributed by atoms with Gasteiger partial charge in [0.15, 0.2) is 0 Å². The van der Waals surface area contributed by atoms with Crippen molar-refractivity contribution < 1.29 is 23.1 Å². The van der Waals surface area contributed by atoms with Crippen molar-refractivity contribution >= 4 is 33.1 Å². The van der Waals surface area contributed by atoms with E-state index in [4.69, 9.17) is 4.74 Å². The molecule has 0 saturated carbocycles. The molecular formula is C21H24N2O5S2. The van der Waals surface area contributed by atoms with Crippen molar-refractivity contribution in [3.8, 4) is 0 Å². The van der Waals surface area contributed by atoms with Gasteiger partial charge in [-0.05, 0) is 78.8 Å². The summed E-state index contributed by atoms with van der Waals surface area (Å²) < 4.78 is 33.4. The van der Waals surface area contributed by atoms with Crippen LogP contribution in [-0.2, 0) is 46.9 Å². The van der Waals surface area contributed by atoms with Gasteiger partial charge in [-0.2, -0.15) is 0 Å². The van der Waals surface area contributed by atoms with E-state index in [-0.39, 0.29) is 10.8 Å². The molecule has 160 valence electrons. The monoisotopic (exact) mass is 448 g/mol. The molecule has 2 heterocycles. The van der Waals surface area contributed by atoms with Gasteiger partial charge in [0.05, 0.1) is 13.2 Å². The summed E-state index contributed by atoms with van der Waals surface area (Å²) in [5, 5.41) is 12.3. The molecule has 3 aliphatic rings. The predicted molar refractivity (Wildman–Crippen MR) is 114 cm³/mol. The fourth-order valence-corrected chi connectivity index (χ4v) is 7.33. The molecule has 5 rings (SSSR count). The van der Waals surface area contributed by atoms with Crippen molar-refractivity contribution in [3.63, 3.8) is 0 Å². The van der Waals surface area contributed by atoms with E-state index in [0.29, 0.717) is 17.9 Å². The molecule has 1 unspecified atom stereocenters. The summed E-state index contributed by atoms with van der Waals surface area (Å²) >= 11 is 1.05. The maximum atomic E-state index is 12.8. The number of aryl methyl sites for hydroxylation is 2. The average molecular weight is 449 g/mol. The number of rotatable bonds is 4. The summed E-state index contributed by atoms with van der Waals surface area (Å²) in [6, 6.07) is 3.12. The molecule has 2 aromatic rings. The Morgan fingerprint density at radius 2 is 1.77 bits per heavy atom. The Balaban J connectivity index is 1.39. The second-order valence-electron chi connectivity index (χ2n) is 8.04. The molecule has 30 heavy (non-hydrogen) atoms. The third kappa shape index (κ3) is 3.43. The normalized spacial score (nSPS) is 19.8. The highest BCUT2D eigenvalue weighted by atomic mass is 32.2. The number of hydrogen-bond acceptors (Lipinski definition) is 6. The maximum Gasteiger partial charge on any atom is 0.333 e. The van der Waals surface area contributed by atoms with E-state index in [9.17, 15) is 18.3 Å². The minimum absolute atomic E-state index is 0.0649. The second-order valence-corrected chi connectivity index (χ2v) is 11.0. The first-order chi connectivity index (χ1) is 14.5. The summed E-state index contributed by atoms with van der Waals surface area (Å²) in [5.74, 6) is 0. The van der Waals surface area contributed by atoms with Gasteiger partial charge in [-0.1, -0.05) is 6.07 Å². The van der Waals surface area contributed by atoms with Gasteiger partial charge >= 0.3 is 6.03 Å². The van der Waals surface area contributed by atoms with Crippen LogP contribution in [0.1, 0.15) is 51.6 Å². The Labute approximate surface area is 179 Å². The lowest BCUT2D eigenvalue weighted by Crippen LogP contribution is -2.34. The van der Waals surface area contributed by atoms with E-state index in [1.54, 1.807) is 6.07 Å². The number of carbonyl (C=O) groups excluding carboxylic acids is 1. The number of nitrogens with one attached hydrogen (secondary N) is 2. The van der Waals surface area contributed by atoms with Crippen LogP contribution in [0.4, 0.5) is 10.5 Å². The largest absolute Gasteiger partial charge is 0.393 e. The number of hydrogen-bond donors (Lipinski definition) is 3. The van der Waals surface area contributed by atoms with Gasteiger partial charge in [-0.25, -0.2) is 17.9 Å². The smallest absolute Gasteiger partial charge is 0.333 e. The molecule has 0 radical (unpaired) electrons. The Hall–Kier alpha value is -1.94. The molecule has 2 aliphatic carbocycles. The summed E-state index contributed by atoms with van der Waals surface area (Å²) in [5.41, 5.74) is 6.51. The number of thiophene rings is 1. The Kier molecular flexibility index (Phi) is 5.09. The molecule has 1 atom stereocenters. The zero-order valence-corrected chi connectivity index (χ0v) is 18.1. The number of benzene rings is 1. The van der Waals surface area contributed by atoms with Crippen LogP contribution in [0, 0.1) is 0 Å². The zero-order chi connectivity index (χ0) is 20.9. The lowest BCUT2D eigenvalue weighted by Gasteiger charge is -2.20. The predicted octanol–water partition coefficient (Wildman–Crippen LogP) is 2.84. The van der Waals surface area contributed by atoms with Gasteiger partial charge in [0, 0.05) is 10.6 Å². The van der Waals surface area contributed by atoms with Crippen molar-refractivity contribution in [1.82, 2.24) is 4.72 Å². The van der Waals surface area contributed by atoms with Crippen molar-refractivity contribution in [1.29, 1.82) is 0 Å². The van der Waals surface area contributed by atoms with Crippen LogP contribution in [-0.4, -0.2) is 32.8 Å². The lowest BCUT2D eigenvalue weighted by atomic mass is 9.99. The van der Waals surface area contributed by atoms with E-state index in [1.165, 1.54) is 11.1 Å². The number of fused-ring (bicyclic) bond motifs is 3. The summed E-state index contributed by atoms with van der Waals surface area (Å²) in [6.45, 7) is 0.234. The minimum Gasteiger partial charge on any atom is -0.393 e. The van der Waals surface area contributed by atoms with Crippen LogP contribution in [0.5, 0.6) is 0 Å². The molecule has 2 amide bonds. The molecule has 0 saturated heterocycles. The number of carbonyl (C=O) groups is 1. The SMILES string of the molecule is O=C(Nc1c2c(cc3c1CCC3)CCC2)NS(=O)(=O)c1cc2c(s1)C(CO)OCC2. The fraction of sp³-hybridized carbons (Fsp3) is 0.476. The average Bonchev–Trinajstić information content (AvgIpc) is 3.45. The Bertz CT molecular complexity index is 1090. The number of amides is 2. The topological polar surface area (TPSA) is 105 Å². The first-order valence-electron chi connectivity index (χ1n) is 10.3. The van der Waals surface area contributed by atoms with E-state index in [1.807, 2.05) is 0 Å². The van der Waals surface area contributed by atoms with E-state index >= 15 is 0 Å². The summed E-state index contributed by atoms with van der Waals surface area (Å²) in [7, 11) is -4.01. The van der Waals surface area contributed by atoms with Gasteiger partial charge in [-0.15, -0.1) is 11.3 Å². The van der Waals surface area contributed by atoms with Crippen molar-refractivity contribution in [2.75, 3.05) is 18.5 Å². The van der Waals surface area contributed by atoms with E-state index < -0.39 is 22.2 Å². The molecule has 1 aromatic carbocycles. The number of aliphatic hydroxyl groups excluding tert-OH is 1. The molecule has 3 N–H and O–H groups in total. The zero-order valence-electron chi connectivity index (χ0n) is 16.5. The number of ether oxygens (including phenoxy) is 1. The number of anilines is 1. The van der Waals surface area contributed by atoms with Crippen molar-refractivity contribution in [2.45, 2.75) is 55.3 Å². The Morgan fingerprint density at radius 3 is 2.43 bits per heavy atom. The summed E-state index contributed by atoms with van der Waals surface area (Å²) in [6.07, 6.45) is 6.02. The van der Waals surface area contributed by atoms with Crippen molar-refractivity contribution in [3.05, 3.63) is 44.8 Å². The third-order valence-electron chi connectivity index (χ3n) is 6.17. The van der Waals surface area contributed by atoms with Crippen LogP contribution in [0.3, 0.4) is 0 Å². The van der Waals surface area contributed by atoms with E-state index in [0.717, 1.165) is 72.2 Å². The highest BCUT2D eigenvalue weighted by Crippen LogP contribution is 2.39. The Morgan fingerprint density at radius 1 is 1.07 bits per heavy atom. The first kappa shape index (κ1) is 20.0. The van der Waals surface area contributed by atoms with Crippen LogP contribution >= 0.6 is 11.3 Å². The third-order valence-corrected chi connectivity index (χ3v) is 9.25. The van der Waals surface area contributed by atoms with Gasteiger partial charge in [0.2, 0.25) is 0 Å². The van der Waals surface area contributed by atoms with Gasteiger partial charge in [0.25, 0.3) is 10.0 Å². The van der Waals surface area contributed by atoms with Gasteiger partial charge in [-0.3, -0.25) is 0 Å². The molecular weight excluding hydrogens is 424 g/mol. The standard InChI is InChI=1S/C21H24N2O5S2/c24-11-17-20-14(7-8-28-17)10-18(29-20)30(26,27)23-21(25)22-19-15-5-1-3-12(15)9-13-4-2-6-16(13)19/h9-10,17,24H,1-8,11H2,(H2,22,23,25). The second kappa shape index (κ2) is 7.64. The lowest BCUT2D eigenvalue weighted by molar-refractivity contribution is 0.00589. The number of sulfonamides is 1. The van der Waals surface area contributed by atoms with E-state index in [2.05, 4.69) is 16.1 Å². The van der Waals surface area contributed by atoms with Gasteiger partial charge < -0.3 is 15.2 Å². The van der Waals surface area contributed by atoms with Crippen LogP contribution < -0.4 is 10.0 Å². The minimum atomic E-state index is -4.01. The van der Waals surface area contributed by atoms with Crippen LogP contribution in [0.15, 0.2) is 16.3 Å². The first-order valence-corrected chi connectivity index (χ1v) is 12.6. The fourth-order valence-electron chi connectivity index (χ4n) is 4.82. The molecule has 0 fully saturated rings. The van der Waals surface area contributed by atoms with Crippen LogP contribution in [0.25, 0.3) is 0 Å². The molecule has 0 spiro atoms. The number of aliphatic hydroxyl groups is 1. The highest BCUT2D eigenvalue weighted by Gasteiger charge is 2.30. The summed E-state index contributed by atoms with van der Waals surface area (Å²) in [4.78, 5) is 13.4. The van der Waals surface area contributed by atoms with Crippen LogP contribution in [0.2, 0.25) is 0 Å².